The first-order valence-corrected chi connectivity index (χ1v) is 10.8. The van der Waals surface area contributed by atoms with Gasteiger partial charge in [-0.1, -0.05) is 11.8 Å². The zero-order valence-corrected chi connectivity index (χ0v) is 17.0. The predicted octanol–water partition coefficient (Wildman–Crippen LogP) is 4.61. The molecule has 4 aromatic rings. The van der Waals surface area contributed by atoms with Crippen molar-refractivity contribution >= 4 is 17.7 Å². The molecule has 5 rings (SSSR count). The fraction of sp³-hybridized carbons (Fsp3) is 0.286. The lowest BCUT2D eigenvalue weighted by atomic mass is 10.2. The van der Waals surface area contributed by atoms with Crippen LogP contribution in [-0.4, -0.2) is 32.8 Å². The highest BCUT2D eigenvalue weighted by atomic mass is 32.2. The predicted molar refractivity (Wildman–Crippen MR) is 111 cm³/mol. The number of rotatable bonds is 7. The number of halogens is 1. The van der Waals surface area contributed by atoms with E-state index in [2.05, 4.69) is 24.6 Å². The summed E-state index contributed by atoms with van der Waals surface area (Å²) in [7, 11) is 0. The van der Waals surface area contributed by atoms with E-state index in [1.807, 2.05) is 12.1 Å². The van der Waals surface area contributed by atoms with Crippen LogP contribution in [0.15, 0.2) is 62.9 Å². The molecule has 0 atom stereocenters. The van der Waals surface area contributed by atoms with Gasteiger partial charge in [-0.3, -0.25) is 4.57 Å². The Morgan fingerprint density at radius 1 is 1.03 bits per heavy atom. The molecule has 0 aliphatic carbocycles. The van der Waals surface area contributed by atoms with Gasteiger partial charge in [0.1, 0.15) is 17.8 Å². The summed E-state index contributed by atoms with van der Waals surface area (Å²) in [6.07, 6.45) is 5.64. The molecule has 7 nitrogen and oxygen atoms in total. The first kappa shape index (κ1) is 18.9. The quantitative estimate of drug-likeness (QED) is 0.401. The number of aromatic nitrogens is 4. The molecule has 0 bridgehead atoms. The Labute approximate surface area is 176 Å². The molecule has 1 fully saturated rings. The summed E-state index contributed by atoms with van der Waals surface area (Å²) < 4.78 is 26.3. The largest absolute Gasteiger partial charge is 0.467 e. The van der Waals surface area contributed by atoms with Crippen LogP contribution in [0, 0.1) is 5.82 Å². The van der Waals surface area contributed by atoms with Gasteiger partial charge in [0.25, 0.3) is 0 Å². The summed E-state index contributed by atoms with van der Waals surface area (Å²) in [4.78, 5) is 6.79. The molecule has 30 heavy (non-hydrogen) atoms. The number of nitrogens with zero attached hydrogens (tertiary/aromatic N) is 5. The summed E-state index contributed by atoms with van der Waals surface area (Å²) in [6.45, 7) is 2.56. The van der Waals surface area contributed by atoms with Gasteiger partial charge in [-0.05, 0) is 49.2 Å². The highest BCUT2D eigenvalue weighted by Gasteiger charge is 2.22. The first-order valence-electron chi connectivity index (χ1n) is 9.80. The van der Waals surface area contributed by atoms with Crippen molar-refractivity contribution in [2.75, 3.05) is 18.0 Å². The zero-order valence-electron chi connectivity index (χ0n) is 16.2. The van der Waals surface area contributed by atoms with Crippen LogP contribution in [0.3, 0.4) is 0 Å². The second kappa shape index (κ2) is 8.35. The fourth-order valence-corrected chi connectivity index (χ4v) is 4.28. The van der Waals surface area contributed by atoms with E-state index in [0.717, 1.165) is 41.2 Å². The van der Waals surface area contributed by atoms with Crippen LogP contribution in [0.1, 0.15) is 24.3 Å². The van der Waals surface area contributed by atoms with Gasteiger partial charge >= 0.3 is 0 Å². The highest BCUT2D eigenvalue weighted by Crippen LogP contribution is 2.29. The van der Waals surface area contributed by atoms with Crippen LogP contribution in [0.25, 0.3) is 11.5 Å². The molecule has 0 saturated carbocycles. The van der Waals surface area contributed by atoms with Crippen LogP contribution >= 0.6 is 11.8 Å². The van der Waals surface area contributed by atoms with Crippen LogP contribution in [-0.2, 0) is 12.3 Å². The SMILES string of the molecule is Fc1ccc(-c2nc(CSc3nnc(N4CCCC4)n3Cc3ccco3)co2)cc1. The van der Waals surface area contributed by atoms with E-state index in [1.165, 1.54) is 25.0 Å². The van der Waals surface area contributed by atoms with E-state index in [4.69, 9.17) is 8.83 Å². The lowest BCUT2D eigenvalue weighted by molar-refractivity contribution is 0.483. The van der Waals surface area contributed by atoms with Crippen molar-refractivity contribution in [2.24, 2.45) is 0 Å². The van der Waals surface area contributed by atoms with Crippen molar-refractivity contribution in [3.63, 3.8) is 0 Å². The van der Waals surface area contributed by atoms with Crippen molar-refractivity contribution in [3.8, 4) is 11.5 Å². The van der Waals surface area contributed by atoms with E-state index in [0.29, 0.717) is 18.2 Å². The average molecular weight is 425 g/mol. The number of thioether (sulfide) groups is 1. The maximum absolute atomic E-state index is 13.1. The van der Waals surface area contributed by atoms with Crippen molar-refractivity contribution in [1.82, 2.24) is 19.7 Å². The summed E-state index contributed by atoms with van der Waals surface area (Å²) in [5.74, 6) is 2.50. The highest BCUT2D eigenvalue weighted by molar-refractivity contribution is 7.98. The summed E-state index contributed by atoms with van der Waals surface area (Å²) in [5, 5.41) is 9.68. The minimum atomic E-state index is -0.286. The minimum absolute atomic E-state index is 0.286. The molecule has 1 aromatic carbocycles. The smallest absolute Gasteiger partial charge is 0.228 e. The third kappa shape index (κ3) is 3.97. The van der Waals surface area contributed by atoms with E-state index < -0.39 is 0 Å². The number of oxazole rings is 1. The summed E-state index contributed by atoms with van der Waals surface area (Å²) >= 11 is 1.55. The Morgan fingerprint density at radius 2 is 1.87 bits per heavy atom. The van der Waals surface area contributed by atoms with Gasteiger partial charge in [0, 0.05) is 24.4 Å². The number of furan rings is 1. The van der Waals surface area contributed by atoms with Crippen molar-refractivity contribution in [1.29, 1.82) is 0 Å². The van der Waals surface area contributed by atoms with Crippen LogP contribution in [0.5, 0.6) is 0 Å². The molecule has 0 spiro atoms. The maximum atomic E-state index is 13.1. The van der Waals surface area contributed by atoms with Crippen LogP contribution in [0.2, 0.25) is 0 Å². The molecule has 0 unspecified atom stereocenters. The van der Waals surface area contributed by atoms with Crippen molar-refractivity contribution in [3.05, 3.63) is 66.2 Å². The molecule has 0 amide bonds. The van der Waals surface area contributed by atoms with Gasteiger partial charge in [-0.25, -0.2) is 9.37 Å². The van der Waals surface area contributed by atoms with Crippen molar-refractivity contribution < 1.29 is 13.2 Å². The lowest BCUT2D eigenvalue weighted by Gasteiger charge is -2.17. The van der Waals surface area contributed by atoms with E-state index in [-0.39, 0.29) is 5.82 Å². The van der Waals surface area contributed by atoms with E-state index in [9.17, 15) is 4.39 Å². The van der Waals surface area contributed by atoms with Gasteiger partial charge < -0.3 is 13.7 Å². The molecule has 1 aliphatic rings. The van der Waals surface area contributed by atoms with Gasteiger partial charge in [-0.15, -0.1) is 10.2 Å². The Balaban J connectivity index is 1.34. The Kier molecular flexibility index (Phi) is 5.27. The maximum Gasteiger partial charge on any atom is 0.228 e. The Bertz CT molecular complexity index is 1100. The first-order chi connectivity index (χ1) is 14.8. The number of hydrogen-bond acceptors (Lipinski definition) is 7. The molecule has 3 aromatic heterocycles. The molecule has 9 heteroatoms. The minimum Gasteiger partial charge on any atom is -0.467 e. The normalized spacial score (nSPS) is 14.0. The second-order valence-electron chi connectivity index (χ2n) is 7.08. The number of benzene rings is 1. The van der Waals surface area contributed by atoms with Gasteiger partial charge in [0.2, 0.25) is 11.8 Å². The molecule has 154 valence electrons. The van der Waals surface area contributed by atoms with Crippen molar-refractivity contribution in [2.45, 2.75) is 30.3 Å². The molecule has 1 saturated heterocycles. The standard InChI is InChI=1S/C21H20FN5O2S/c22-16-7-5-15(6-8-16)19-23-17(13-29-19)14-30-21-25-24-20(26-9-1-2-10-26)27(21)12-18-4-3-11-28-18/h3-8,11,13H,1-2,9-10,12,14H2. The molecule has 0 radical (unpaired) electrons. The Morgan fingerprint density at radius 3 is 2.63 bits per heavy atom. The summed E-state index contributed by atoms with van der Waals surface area (Å²) in [5.41, 5.74) is 1.53. The zero-order chi connectivity index (χ0) is 20.3. The molecular formula is C21H20FN5O2S. The monoisotopic (exact) mass is 425 g/mol. The number of hydrogen-bond donors (Lipinski definition) is 0. The topological polar surface area (TPSA) is 73.1 Å². The third-order valence-electron chi connectivity index (χ3n) is 4.97. The average Bonchev–Trinajstić information content (AvgIpc) is 3.55. The fourth-order valence-electron chi connectivity index (χ4n) is 3.47. The van der Waals surface area contributed by atoms with Crippen LogP contribution in [0.4, 0.5) is 10.3 Å². The molecule has 1 aliphatic heterocycles. The third-order valence-corrected chi connectivity index (χ3v) is 5.97. The van der Waals surface area contributed by atoms with Gasteiger partial charge in [0.05, 0.1) is 18.5 Å². The lowest BCUT2D eigenvalue weighted by Crippen LogP contribution is -2.22. The molecule has 0 N–H and O–H groups in total. The molecular weight excluding hydrogens is 405 g/mol. The second-order valence-corrected chi connectivity index (χ2v) is 8.02. The van der Waals surface area contributed by atoms with E-state index in [1.54, 1.807) is 36.4 Å². The Hall–Kier alpha value is -3.07. The van der Waals surface area contributed by atoms with Gasteiger partial charge in [-0.2, -0.15) is 0 Å². The van der Waals surface area contributed by atoms with E-state index >= 15 is 0 Å². The summed E-state index contributed by atoms with van der Waals surface area (Å²) in [6, 6.07) is 9.93. The van der Waals surface area contributed by atoms with Gasteiger partial charge in [0.15, 0.2) is 5.16 Å². The van der Waals surface area contributed by atoms with Crippen LogP contribution < -0.4 is 4.90 Å². The molecule has 4 heterocycles. The number of anilines is 1.